The fourth-order valence-electron chi connectivity index (χ4n) is 1.98. The van der Waals surface area contributed by atoms with E-state index in [0.29, 0.717) is 17.9 Å². The Morgan fingerprint density at radius 2 is 2.10 bits per heavy atom. The van der Waals surface area contributed by atoms with Crippen molar-refractivity contribution < 1.29 is 19.4 Å². The molecule has 2 unspecified atom stereocenters. The van der Waals surface area contributed by atoms with Gasteiger partial charge in [-0.1, -0.05) is 18.2 Å². The molecule has 0 aliphatic carbocycles. The summed E-state index contributed by atoms with van der Waals surface area (Å²) in [5.74, 6) is 0.328. The van der Waals surface area contributed by atoms with Gasteiger partial charge in [0.1, 0.15) is 11.3 Å². The number of carboxylic acid groups (broad SMARTS) is 1. The number of nitrogens with one attached hydrogen (secondary N) is 1. The second-order valence-corrected chi connectivity index (χ2v) is 5.86. The summed E-state index contributed by atoms with van der Waals surface area (Å²) in [5, 5.41) is 11.9. The Balaban J connectivity index is 1.98. The second kappa shape index (κ2) is 6.17. The van der Waals surface area contributed by atoms with Gasteiger partial charge < -0.3 is 15.2 Å². The molecule has 5 nitrogen and oxygen atoms in total. The number of thioether (sulfide) groups is 1. The quantitative estimate of drug-likeness (QED) is 0.861. The van der Waals surface area contributed by atoms with Crippen LogP contribution in [0.3, 0.4) is 0 Å². The zero-order chi connectivity index (χ0) is 14.6. The van der Waals surface area contributed by atoms with Crippen molar-refractivity contribution >= 4 is 23.6 Å². The number of para-hydroxylation sites is 1. The Bertz CT molecular complexity index is 485. The van der Waals surface area contributed by atoms with Crippen LogP contribution in [0.5, 0.6) is 5.75 Å². The van der Waals surface area contributed by atoms with Crippen LogP contribution in [0.2, 0.25) is 0 Å². The molecule has 1 aliphatic rings. The average Bonchev–Trinajstić information content (AvgIpc) is 2.89. The van der Waals surface area contributed by atoms with Crippen molar-refractivity contribution in [1.82, 2.24) is 5.32 Å². The Morgan fingerprint density at radius 1 is 1.40 bits per heavy atom. The van der Waals surface area contributed by atoms with Crippen LogP contribution in [0.25, 0.3) is 0 Å². The summed E-state index contributed by atoms with van der Waals surface area (Å²) in [7, 11) is 0. The largest absolute Gasteiger partial charge is 0.481 e. The Hall–Kier alpha value is -1.69. The normalized spacial score (nSPS) is 23.1. The highest BCUT2D eigenvalue weighted by molar-refractivity contribution is 7.99. The molecule has 0 saturated carbocycles. The Morgan fingerprint density at radius 3 is 2.65 bits per heavy atom. The SMILES string of the molecule is CC(Oc1ccccc1)C(=O)NC1(C(=O)O)CCSC1. The molecule has 0 spiro atoms. The molecule has 0 aromatic heterocycles. The van der Waals surface area contributed by atoms with E-state index in [1.54, 1.807) is 19.1 Å². The predicted molar refractivity (Wildman–Crippen MR) is 77.0 cm³/mol. The highest BCUT2D eigenvalue weighted by Crippen LogP contribution is 2.28. The number of carbonyl (C=O) groups is 2. The summed E-state index contributed by atoms with van der Waals surface area (Å²) in [6.45, 7) is 1.61. The van der Waals surface area contributed by atoms with Crippen molar-refractivity contribution in [2.24, 2.45) is 0 Å². The van der Waals surface area contributed by atoms with Gasteiger partial charge in [0.2, 0.25) is 0 Å². The minimum absolute atomic E-state index is 0.395. The van der Waals surface area contributed by atoms with Gasteiger partial charge >= 0.3 is 5.97 Å². The lowest BCUT2D eigenvalue weighted by atomic mass is 9.99. The maximum atomic E-state index is 12.1. The number of ether oxygens (including phenoxy) is 1. The monoisotopic (exact) mass is 295 g/mol. The van der Waals surface area contributed by atoms with E-state index in [0.717, 1.165) is 5.75 Å². The molecule has 1 saturated heterocycles. The van der Waals surface area contributed by atoms with E-state index in [-0.39, 0.29) is 0 Å². The molecule has 1 fully saturated rings. The topological polar surface area (TPSA) is 75.6 Å². The van der Waals surface area contributed by atoms with Crippen LogP contribution in [-0.4, -0.2) is 40.1 Å². The number of hydrogen-bond donors (Lipinski definition) is 2. The fourth-order valence-corrected chi connectivity index (χ4v) is 3.31. The number of carboxylic acids is 1. The minimum Gasteiger partial charge on any atom is -0.481 e. The van der Waals surface area contributed by atoms with Gasteiger partial charge in [-0.15, -0.1) is 0 Å². The number of amides is 1. The fraction of sp³-hybridized carbons (Fsp3) is 0.429. The standard InChI is InChI=1S/C14H17NO4S/c1-10(19-11-5-3-2-4-6-11)12(16)15-14(13(17)18)7-8-20-9-14/h2-6,10H,7-9H2,1H3,(H,15,16)(H,17,18). The lowest BCUT2D eigenvalue weighted by Crippen LogP contribution is -2.57. The van der Waals surface area contributed by atoms with Crippen molar-refractivity contribution in [2.45, 2.75) is 25.0 Å². The number of rotatable bonds is 5. The van der Waals surface area contributed by atoms with Crippen LogP contribution < -0.4 is 10.1 Å². The molecule has 1 aliphatic heterocycles. The van der Waals surface area contributed by atoms with Crippen LogP contribution >= 0.6 is 11.8 Å². The van der Waals surface area contributed by atoms with Crippen molar-refractivity contribution in [3.63, 3.8) is 0 Å². The Labute approximate surface area is 121 Å². The maximum Gasteiger partial charge on any atom is 0.330 e. The van der Waals surface area contributed by atoms with Crippen LogP contribution in [0.4, 0.5) is 0 Å². The van der Waals surface area contributed by atoms with Crippen LogP contribution in [0.1, 0.15) is 13.3 Å². The van der Waals surface area contributed by atoms with Gasteiger partial charge in [0.25, 0.3) is 5.91 Å². The van der Waals surface area contributed by atoms with E-state index in [4.69, 9.17) is 4.74 Å². The second-order valence-electron chi connectivity index (χ2n) is 4.75. The van der Waals surface area contributed by atoms with Crippen molar-refractivity contribution in [2.75, 3.05) is 11.5 Å². The molecule has 1 amide bonds. The summed E-state index contributed by atoms with van der Waals surface area (Å²) in [6, 6.07) is 8.98. The van der Waals surface area contributed by atoms with E-state index < -0.39 is 23.5 Å². The molecule has 1 aromatic rings. The van der Waals surface area contributed by atoms with Gasteiger partial charge in [-0.05, 0) is 31.2 Å². The minimum atomic E-state index is -1.16. The molecule has 2 rings (SSSR count). The van der Waals surface area contributed by atoms with E-state index in [1.165, 1.54) is 11.8 Å². The van der Waals surface area contributed by atoms with E-state index >= 15 is 0 Å². The summed E-state index contributed by atoms with van der Waals surface area (Å²) in [5.41, 5.74) is -1.16. The molecule has 2 N–H and O–H groups in total. The number of hydrogen-bond acceptors (Lipinski definition) is 4. The van der Waals surface area contributed by atoms with Gasteiger partial charge in [-0.3, -0.25) is 4.79 Å². The first-order chi connectivity index (χ1) is 9.53. The van der Waals surface area contributed by atoms with Crippen molar-refractivity contribution in [1.29, 1.82) is 0 Å². The van der Waals surface area contributed by atoms with Crippen LogP contribution in [-0.2, 0) is 9.59 Å². The van der Waals surface area contributed by atoms with Gasteiger partial charge in [0, 0.05) is 5.75 Å². The van der Waals surface area contributed by atoms with E-state index in [9.17, 15) is 14.7 Å². The lowest BCUT2D eigenvalue weighted by molar-refractivity contribution is -0.147. The Kier molecular flexibility index (Phi) is 4.54. The van der Waals surface area contributed by atoms with Gasteiger partial charge in [0.15, 0.2) is 6.10 Å². The molecular formula is C14H17NO4S. The first-order valence-electron chi connectivity index (χ1n) is 6.38. The van der Waals surface area contributed by atoms with Gasteiger partial charge in [-0.25, -0.2) is 4.79 Å². The van der Waals surface area contributed by atoms with Crippen LogP contribution in [0.15, 0.2) is 30.3 Å². The lowest BCUT2D eigenvalue weighted by Gasteiger charge is -2.26. The third kappa shape index (κ3) is 3.25. The van der Waals surface area contributed by atoms with Crippen molar-refractivity contribution in [3.8, 4) is 5.75 Å². The first kappa shape index (κ1) is 14.7. The first-order valence-corrected chi connectivity index (χ1v) is 7.54. The molecule has 0 bridgehead atoms. The number of aliphatic carboxylic acids is 1. The highest BCUT2D eigenvalue weighted by atomic mass is 32.2. The molecule has 1 heterocycles. The summed E-state index contributed by atoms with van der Waals surface area (Å²) >= 11 is 1.53. The van der Waals surface area contributed by atoms with E-state index in [2.05, 4.69) is 5.32 Å². The smallest absolute Gasteiger partial charge is 0.330 e. The molecule has 0 radical (unpaired) electrons. The summed E-state index contributed by atoms with van der Waals surface area (Å²) in [6.07, 6.45) is -0.296. The van der Waals surface area contributed by atoms with Crippen molar-refractivity contribution in [3.05, 3.63) is 30.3 Å². The number of carbonyl (C=O) groups excluding carboxylic acids is 1. The molecule has 2 atom stereocenters. The highest BCUT2D eigenvalue weighted by Gasteiger charge is 2.44. The number of benzene rings is 1. The molecule has 20 heavy (non-hydrogen) atoms. The predicted octanol–water partition coefficient (Wildman–Crippen LogP) is 1.53. The zero-order valence-electron chi connectivity index (χ0n) is 11.2. The van der Waals surface area contributed by atoms with E-state index in [1.807, 2.05) is 18.2 Å². The van der Waals surface area contributed by atoms with Gasteiger partial charge in [0.05, 0.1) is 0 Å². The summed E-state index contributed by atoms with van der Waals surface area (Å²) in [4.78, 5) is 23.5. The average molecular weight is 295 g/mol. The molecule has 108 valence electrons. The van der Waals surface area contributed by atoms with Gasteiger partial charge in [-0.2, -0.15) is 11.8 Å². The van der Waals surface area contributed by atoms with Crippen LogP contribution in [0, 0.1) is 0 Å². The third-order valence-electron chi connectivity index (χ3n) is 3.22. The molecule has 6 heteroatoms. The molecular weight excluding hydrogens is 278 g/mol. The molecule has 1 aromatic carbocycles. The third-order valence-corrected chi connectivity index (χ3v) is 4.41. The summed E-state index contributed by atoms with van der Waals surface area (Å²) < 4.78 is 5.50. The zero-order valence-corrected chi connectivity index (χ0v) is 12.0. The maximum absolute atomic E-state index is 12.1.